The number of nitrogens with one attached hydrogen (secondary N) is 2. The fraction of sp³-hybridized carbons (Fsp3) is 0.887. The summed E-state index contributed by atoms with van der Waals surface area (Å²) in [5, 5.41) is 86.5. The second-order valence-electron chi connectivity index (χ2n) is 20.2. The Morgan fingerprint density at radius 2 is 1.15 bits per heavy atom. The van der Waals surface area contributed by atoms with E-state index in [1.807, 2.05) is 0 Å². The molecule has 3 rings (SSSR count). The third-order valence-corrected chi connectivity index (χ3v) is 14.9. The molecule has 21 nitrogen and oxygen atoms in total. The van der Waals surface area contributed by atoms with Crippen molar-refractivity contribution in [1.29, 1.82) is 0 Å². The van der Waals surface area contributed by atoms with E-state index >= 15 is 0 Å². The van der Waals surface area contributed by atoms with Crippen LogP contribution in [0.1, 0.15) is 200 Å². The maximum Gasteiger partial charge on any atom is 0.306 e. The van der Waals surface area contributed by atoms with E-state index in [1.165, 1.54) is 82.2 Å². The summed E-state index contributed by atoms with van der Waals surface area (Å²) in [6, 6.07) is -1.11. The van der Waals surface area contributed by atoms with Crippen LogP contribution < -0.4 is 10.6 Å². The Balaban J connectivity index is 1.68. The molecule has 9 N–H and O–H groups in total. The Morgan fingerprint density at radius 1 is 0.627 bits per heavy atom. The van der Waals surface area contributed by atoms with Gasteiger partial charge < -0.3 is 70.1 Å². The van der Waals surface area contributed by atoms with Crippen LogP contribution in [0.3, 0.4) is 0 Å². The van der Waals surface area contributed by atoms with E-state index in [2.05, 4.69) is 41.7 Å². The Hall–Kier alpha value is -3.03. The third kappa shape index (κ3) is 25.5. The highest BCUT2D eigenvalue weighted by atomic mass is 32.2. The number of aliphatic hydroxyl groups is 7. The Labute approximate surface area is 449 Å². The molecule has 12 atom stereocenters. The lowest BCUT2D eigenvalue weighted by Crippen LogP contribution is -2.63. The zero-order valence-electron chi connectivity index (χ0n) is 45.2. The predicted octanol–water partition coefficient (Wildman–Crippen LogP) is 5.28. The standard InChI is InChI=1S/C53H95N5O16S/c1-4-7-10-13-16-19-22-25-28-42(61)54-38(36-75-35-37(71-44(63)30-27-24-21-18-15-12-9-6-3)34-70-43(62)29-26-23-20-17-14-11-8-5-2)51(69)55-41-31-58(57-56-41)52-48(67)47(66)50(40(33-60)72-52)74-53-49(68)46(65)45(64)39(32-59)73-53/h31,37-40,45-50,52-53,59-60,64-68H,4-30,32-36H2,1-3H3,(H,54,61)(H,55,69)/t37-,38-,39?,40?,45?,46?,47?,48?,49?,50?,52-,53?/m1/s1. The fourth-order valence-electron chi connectivity index (χ4n) is 9.07. The van der Waals surface area contributed by atoms with E-state index in [1.54, 1.807) is 0 Å². The van der Waals surface area contributed by atoms with Gasteiger partial charge in [-0.2, -0.15) is 11.8 Å². The van der Waals surface area contributed by atoms with Crippen molar-refractivity contribution in [3.8, 4) is 0 Å². The fourth-order valence-corrected chi connectivity index (χ4v) is 10.1. The van der Waals surface area contributed by atoms with E-state index in [0.29, 0.717) is 19.3 Å². The second kappa shape index (κ2) is 39.3. The average Bonchev–Trinajstić information content (AvgIpc) is 3.86. The topological polar surface area (TPSA) is 311 Å². The first-order valence-corrected chi connectivity index (χ1v) is 29.5. The molecule has 3 heterocycles. The van der Waals surface area contributed by atoms with Crippen molar-refractivity contribution in [2.24, 2.45) is 0 Å². The monoisotopic (exact) mass is 1090 g/mol. The summed E-state index contributed by atoms with van der Waals surface area (Å²) in [6.07, 6.45) is 10.1. The number of unbranched alkanes of at least 4 members (excludes halogenated alkanes) is 21. The molecule has 434 valence electrons. The molecular formula is C53H95N5O16S. The van der Waals surface area contributed by atoms with Crippen LogP contribution in [0.25, 0.3) is 0 Å². The number of aliphatic hydroxyl groups excluding tert-OH is 7. The van der Waals surface area contributed by atoms with Crippen LogP contribution in [-0.2, 0) is 42.9 Å². The molecule has 0 radical (unpaired) electrons. The lowest BCUT2D eigenvalue weighted by molar-refractivity contribution is -0.347. The van der Waals surface area contributed by atoms with Gasteiger partial charge in [-0.05, 0) is 19.3 Å². The number of thioether (sulfide) groups is 1. The maximum absolute atomic E-state index is 14.0. The molecule has 1 aromatic heterocycles. The van der Waals surface area contributed by atoms with Gasteiger partial charge in [0, 0.05) is 30.8 Å². The van der Waals surface area contributed by atoms with Gasteiger partial charge in [0.05, 0.1) is 19.4 Å². The van der Waals surface area contributed by atoms with Crippen LogP contribution in [0, 0.1) is 0 Å². The molecule has 75 heavy (non-hydrogen) atoms. The van der Waals surface area contributed by atoms with Crippen molar-refractivity contribution in [3.05, 3.63) is 6.20 Å². The molecule has 22 heteroatoms. The first kappa shape index (κ1) is 66.3. The number of esters is 2. The number of nitrogens with zero attached hydrogens (tertiary/aromatic N) is 3. The summed E-state index contributed by atoms with van der Waals surface area (Å²) >= 11 is 1.24. The number of carbonyl (C=O) groups excluding carboxylic acids is 4. The first-order chi connectivity index (χ1) is 36.3. The summed E-state index contributed by atoms with van der Waals surface area (Å²) in [6.45, 7) is 4.86. The van der Waals surface area contributed by atoms with Gasteiger partial charge in [-0.25, -0.2) is 4.68 Å². The molecule has 2 amide bonds. The molecule has 0 bridgehead atoms. The minimum absolute atomic E-state index is 0.0338. The number of anilines is 1. The lowest BCUT2D eigenvalue weighted by atomic mass is 9.96. The van der Waals surface area contributed by atoms with Crippen molar-refractivity contribution >= 4 is 41.3 Å². The van der Waals surface area contributed by atoms with Crippen LogP contribution in [-0.4, -0.2) is 173 Å². The molecule has 9 unspecified atom stereocenters. The Bertz CT molecular complexity index is 1700. The van der Waals surface area contributed by atoms with Gasteiger partial charge in [0.1, 0.15) is 67.6 Å². The number of hydrogen-bond donors (Lipinski definition) is 9. The van der Waals surface area contributed by atoms with Gasteiger partial charge in [0.25, 0.3) is 0 Å². The number of amides is 2. The summed E-state index contributed by atoms with van der Waals surface area (Å²) < 4.78 is 29.4. The largest absolute Gasteiger partial charge is 0.462 e. The summed E-state index contributed by atoms with van der Waals surface area (Å²) in [4.78, 5) is 53.3. The van der Waals surface area contributed by atoms with Gasteiger partial charge in [-0.15, -0.1) is 5.10 Å². The van der Waals surface area contributed by atoms with Crippen molar-refractivity contribution in [1.82, 2.24) is 20.3 Å². The van der Waals surface area contributed by atoms with E-state index < -0.39 is 98.6 Å². The highest BCUT2D eigenvalue weighted by Gasteiger charge is 2.51. The quantitative estimate of drug-likeness (QED) is 0.0297. The first-order valence-electron chi connectivity index (χ1n) is 28.3. The van der Waals surface area contributed by atoms with Gasteiger partial charge in [0.2, 0.25) is 11.8 Å². The summed E-state index contributed by atoms with van der Waals surface area (Å²) in [5.41, 5.74) is 0. The number of hydrogen-bond acceptors (Lipinski definition) is 19. The van der Waals surface area contributed by atoms with Crippen LogP contribution in [0.4, 0.5) is 5.82 Å². The average molecular weight is 1090 g/mol. The van der Waals surface area contributed by atoms with Crippen molar-refractivity contribution in [3.63, 3.8) is 0 Å². The number of ether oxygens (including phenoxy) is 5. The minimum Gasteiger partial charge on any atom is -0.462 e. The van der Waals surface area contributed by atoms with E-state index in [9.17, 15) is 54.9 Å². The molecule has 2 saturated heterocycles. The Kier molecular flexibility index (Phi) is 34.8. The summed E-state index contributed by atoms with van der Waals surface area (Å²) in [5.74, 6) is -1.69. The van der Waals surface area contributed by atoms with Gasteiger partial charge in [-0.1, -0.05) is 161 Å². The molecule has 0 aromatic carbocycles. The smallest absolute Gasteiger partial charge is 0.306 e. The van der Waals surface area contributed by atoms with E-state index in [-0.39, 0.29) is 55.1 Å². The second-order valence-corrected chi connectivity index (χ2v) is 21.3. The highest BCUT2D eigenvalue weighted by Crippen LogP contribution is 2.33. The highest BCUT2D eigenvalue weighted by molar-refractivity contribution is 7.99. The molecule has 2 aliphatic rings. The van der Waals surface area contributed by atoms with Crippen LogP contribution in [0.5, 0.6) is 0 Å². The van der Waals surface area contributed by atoms with E-state index in [0.717, 1.165) is 75.3 Å². The molecule has 0 spiro atoms. The van der Waals surface area contributed by atoms with Crippen molar-refractivity contribution in [2.45, 2.75) is 268 Å². The molecule has 0 aliphatic carbocycles. The van der Waals surface area contributed by atoms with Gasteiger partial charge >= 0.3 is 11.9 Å². The molecule has 2 aliphatic heterocycles. The SMILES string of the molecule is CCCCCCCCCCC(=O)N[C@H](CSC[C@@H](COC(=O)CCCCCCCCCC)OC(=O)CCCCCCCCCC)C(=O)Nc1cn([C@@H]2OC(CO)C(OC3OC(CO)C(O)C(O)C3O)C(O)C2O)nn1. The molecule has 1 aromatic rings. The van der Waals surface area contributed by atoms with Gasteiger partial charge in [-0.3, -0.25) is 19.2 Å². The maximum atomic E-state index is 14.0. The van der Waals surface area contributed by atoms with Crippen LogP contribution in [0.15, 0.2) is 6.20 Å². The normalized spacial score (nSPS) is 24.6. The Morgan fingerprint density at radius 3 is 1.69 bits per heavy atom. The summed E-state index contributed by atoms with van der Waals surface area (Å²) in [7, 11) is 0. The van der Waals surface area contributed by atoms with E-state index in [4.69, 9.17) is 23.7 Å². The zero-order valence-corrected chi connectivity index (χ0v) is 46.0. The third-order valence-electron chi connectivity index (χ3n) is 13.7. The lowest BCUT2D eigenvalue weighted by Gasteiger charge is -2.45. The van der Waals surface area contributed by atoms with Crippen molar-refractivity contribution in [2.75, 3.05) is 36.6 Å². The number of aromatic nitrogens is 3. The minimum atomic E-state index is -1.84. The molecule has 0 saturated carbocycles. The van der Waals surface area contributed by atoms with Crippen molar-refractivity contribution < 1.29 is 78.6 Å². The van der Waals surface area contributed by atoms with Crippen LogP contribution in [0.2, 0.25) is 0 Å². The van der Waals surface area contributed by atoms with Gasteiger partial charge in [0.15, 0.2) is 18.3 Å². The zero-order chi connectivity index (χ0) is 54.8. The molecular weight excluding hydrogens is 995 g/mol. The molecule has 2 fully saturated rings. The van der Waals surface area contributed by atoms with Crippen LogP contribution >= 0.6 is 11.8 Å². The predicted molar refractivity (Wildman–Crippen MR) is 282 cm³/mol. The number of carbonyl (C=O) groups is 4. The number of rotatable bonds is 42.